The minimum atomic E-state index is -0.681. The number of carbonyl (C=O) groups excluding carboxylic acids is 1. The lowest BCUT2D eigenvalue weighted by molar-refractivity contribution is -0.129. The maximum atomic E-state index is 11.5. The van der Waals surface area contributed by atoms with Crippen LogP contribution in [-0.4, -0.2) is 50.3 Å². The summed E-state index contributed by atoms with van der Waals surface area (Å²) >= 11 is 0. The van der Waals surface area contributed by atoms with Gasteiger partial charge in [-0.2, -0.15) is 0 Å². The molecule has 0 aromatic rings. The lowest BCUT2D eigenvalue weighted by atomic mass is 10.1. The molecule has 1 atom stereocenters. The van der Waals surface area contributed by atoms with Gasteiger partial charge in [0, 0.05) is 34.9 Å². The molecule has 14 heavy (non-hydrogen) atoms. The van der Waals surface area contributed by atoms with Gasteiger partial charge in [-0.05, 0) is 12.8 Å². The number of likely N-dealkylation sites (tertiary alicyclic amines) is 1. The van der Waals surface area contributed by atoms with Gasteiger partial charge in [0.05, 0.1) is 12.5 Å². The Kier molecular flexibility index (Phi) is 2.88. The Hall–Kier alpha value is -0.420. The Morgan fingerprint density at radius 2 is 2.00 bits per heavy atom. The molecule has 2 aliphatic rings. The second kappa shape index (κ2) is 3.98. The van der Waals surface area contributed by atoms with Crippen molar-refractivity contribution < 1.29 is 14.1 Å². The van der Waals surface area contributed by atoms with E-state index < -0.39 is 16.9 Å². The zero-order chi connectivity index (χ0) is 10.1. The molecule has 5 heteroatoms. The van der Waals surface area contributed by atoms with Gasteiger partial charge in [0.25, 0.3) is 0 Å². The molecule has 0 radical (unpaired) electrons. The van der Waals surface area contributed by atoms with Crippen molar-refractivity contribution in [1.82, 2.24) is 4.90 Å². The molecule has 0 bridgehead atoms. The lowest BCUT2D eigenvalue weighted by Gasteiger charge is -2.30. The summed E-state index contributed by atoms with van der Waals surface area (Å²) in [5.74, 6) is 1.45. The van der Waals surface area contributed by atoms with Crippen molar-refractivity contribution in [3.8, 4) is 0 Å². The fourth-order valence-electron chi connectivity index (χ4n) is 2.16. The zero-order valence-electron chi connectivity index (χ0n) is 8.02. The smallest absolute Gasteiger partial charge is 0.225 e. The first kappa shape index (κ1) is 10.1. The third kappa shape index (κ3) is 1.98. The number of carbonyl (C=O) groups is 1. The number of nitrogens with zero attached hydrogens (tertiary/aromatic N) is 1. The molecule has 0 aliphatic carbocycles. The molecule has 80 valence electrons. The predicted octanol–water partition coefficient (Wildman–Crippen LogP) is -0.509. The normalized spacial score (nSPS) is 39.1. The number of aliphatic hydroxyl groups is 1. The first-order valence-corrected chi connectivity index (χ1v) is 6.48. The Bertz CT molecular complexity index is 259. The molecule has 0 aromatic carbocycles. The molecule has 2 aliphatic heterocycles. The van der Waals surface area contributed by atoms with Crippen molar-refractivity contribution in [2.75, 3.05) is 18.1 Å². The van der Waals surface area contributed by atoms with Crippen LogP contribution in [0.2, 0.25) is 0 Å². The molecule has 0 spiro atoms. The highest BCUT2D eigenvalue weighted by atomic mass is 32.2. The van der Waals surface area contributed by atoms with E-state index in [1.807, 2.05) is 0 Å². The molecule has 1 amide bonds. The standard InChI is InChI=1S/C9H15NO3S/c11-8-5-9(12)10(6-8)7-1-3-14(13)4-2-7/h7-8,11H,1-6H2. The van der Waals surface area contributed by atoms with Crippen LogP contribution in [0.25, 0.3) is 0 Å². The van der Waals surface area contributed by atoms with Crippen molar-refractivity contribution >= 4 is 16.7 Å². The molecule has 0 aromatic heterocycles. The molecule has 1 N–H and O–H groups in total. The second-order valence-electron chi connectivity index (χ2n) is 3.98. The maximum Gasteiger partial charge on any atom is 0.225 e. The lowest BCUT2D eigenvalue weighted by Crippen LogP contribution is -2.41. The first-order chi connectivity index (χ1) is 6.66. The molecule has 2 rings (SSSR count). The van der Waals surface area contributed by atoms with E-state index >= 15 is 0 Å². The van der Waals surface area contributed by atoms with Gasteiger partial charge in [0.1, 0.15) is 0 Å². The average Bonchev–Trinajstić information content (AvgIpc) is 2.47. The van der Waals surface area contributed by atoms with Gasteiger partial charge < -0.3 is 10.0 Å². The first-order valence-electron chi connectivity index (χ1n) is 4.99. The monoisotopic (exact) mass is 217 g/mol. The van der Waals surface area contributed by atoms with E-state index in [4.69, 9.17) is 0 Å². The maximum absolute atomic E-state index is 11.5. The van der Waals surface area contributed by atoms with Crippen LogP contribution in [0, 0.1) is 0 Å². The third-order valence-electron chi connectivity index (χ3n) is 2.94. The van der Waals surface area contributed by atoms with Crippen LogP contribution in [0.15, 0.2) is 0 Å². The molecule has 1 unspecified atom stereocenters. The van der Waals surface area contributed by atoms with Crippen molar-refractivity contribution in [3.05, 3.63) is 0 Å². The molecule has 2 fully saturated rings. The number of β-amino-alcohol motifs (C(OH)–C–C–N with tert-alkyl or cyclic N) is 1. The summed E-state index contributed by atoms with van der Waals surface area (Å²) in [6, 6.07) is 0.220. The van der Waals surface area contributed by atoms with Crippen molar-refractivity contribution in [2.24, 2.45) is 0 Å². The minimum absolute atomic E-state index is 0.0511. The number of hydrogen-bond acceptors (Lipinski definition) is 3. The fourth-order valence-corrected chi connectivity index (χ4v) is 3.43. The van der Waals surface area contributed by atoms with Crippen LogP contribution in [-0.2, 0) is 15.6 Å². The largest absolute Gasteiger partial charge is 0.391 e. The van der Waals surface area contributed by atoms with E-state index in [1.165, 1.54) is 0 Å². The SMILES string of the molecule is O=C1CC(O)CN1C1CCS(=O)CC1. The summed E-state index contributed by atoms with van der Waals surface area (Å²) in [5, 5.41) is 9.33. The van der Waals surface area contributed by atoms with Gasteiger partial charge >= 0.3 is 0 Å². The highest BCUT2D eigenvalue weighted by Crippen LogP contribution is 2.21. The summed E-state index contributed by atoms with van der Waals surface area (Å²) in [6.45, 7) is 0.468. The molecular weight excluding hydrogens is 202 g/mol. The average molecular weight is 217 g/mol. The molecule has 0 saturated carbocycles. The van der Waals surface area contributed by atoms with E-state index in [1.54, 1.807) is 4.90 Å². The van der Waals surface area contributed by atoms with Gasteiger partial charge in [0.15, 0.2) is 0 Å². The summed E-state index contributed by atoms with van der Waals surface area (Å²) in [6.07, 6.45) is 1.42. The Morgan fingerprint density at radius 1 is 1.36 bits per heavy atom. The van der Waals surface area contributed by atoms with Gasteiger partial charge in [-0.1, -0.05) is 0 Å². The van der Waals surface area contributed by atoms with Gasteiger partial charge in [-0.25, -0.2) is 0 Å². The van der Waals surface area contributed by atoms with E-state index in [0.29, 0.717) is 18.1 Å². The van der Waals surface area contributed by atoms with Crippen LogP contribution in [0.1, 0.15) is 19.3 Å². The number of rotatable bonds is 1. The molecule has 4 nitrogen and oxygen atoms in total. The predicted molar refractivity (Wildman–Crippen MR) is 53.2 cm³/mol. The highest BCUT2D eigenvalue weighted by Gasteiger charge is 2.34. The Labute approximate surface area is 85.7 Å². The van der Waals surface area contributed by atoms with Gasteiger partial charge in [-0.15, -0.1) is 0 Å². The zero-order valence-corrected chi connectivity index (χ0v) is 8.83. The summed E-state index contributed by atoms with van der Waals surface area (Å²) < 4.78 is 11.1. The summed E-state index contributed by atoms with van der Waals surface area (Å²) in [5.41, 5.74) is 0. The van der Waals surface area contributed by atoms with Crippen LogP contribution in [0.5, 0.6) is 0 Å². The van der Waals surface area contributed by atoms with E-state index in [2.05, 4.69) is 0 Å². The van der Waals surface area contributed by atoms with Crippen LogP contribution >= 0.6 is 0 Å². The van der Waals surface area contributed by atoms with Gasteiger partial charge in [0.2, 0.25) is 5.91 Å². The number of hydrogen-bond donors (Lipinski definition) is 1. The van der Waals surface area contributed by atoms with Crippen molar-refractivity contribution in [3.63, 3.8) is 0 Å². The molecular formula is C9H15NO3S. The number of aliphatic hydroxyl groups excluding tert-OH is 1. The van der Waals surface area contributed by atoms with E-state index in [-0.39, 0.29) is 18.4 Å². The van der Waals surface area contributed by atoms with Crippen LogP contribution in [0.4, 0.5) is 0 Å². The highest BCUT2D eigenvalue weighted by molar-refractivity contribution is 7.85. The summed E-state index contributed by atoms with van der Waals surface area (Å²) in [7, 11) is -0.681. The van der Waals surface area contributed by atoms with Crippen LogP contribution < -0.4 is 0 Å². The van der Waals surface area contributed by atoms with Gasteiger partial charge in [-0.3, -0.25) is 9.00 Å². The summed E-state index contributed by atoms with van der Waals surface area (Å²) in [4.78, 5) is 13.2. The Balaban J connectivity index is 1.95. The fraction of sp³-hybridized carbons (Fsp3) is 0.889. The van der Waals surface area contributed by atoms with Crippen LogP contribution in [0.3, 0.4) is 0 Å². The molecule has 2 heterocycles. The number of amides is 1. The van der Waals surface area contributed by atoms with Crippen molar-refractivity contribution in [1.29, 1.82) is 0 Å². The third-order valence-corrected chi connectivity index (χ3v) is 4.32. The second-order valence-corrected chi connectivity index (χ2v) is 5.68. The van der Waals surface area contributed by atoms with E-state index in [0.717, 1.165) is 12.8 Å². The topological polar surface area (TPSA) is 57.6 Å². The molecule has 2 saturated heterocycles. The minimum Gasteiger partial charge on any atom is -0.391 e. The van der Waals surface area contributed by atoms with Crippen molar-refractivity contribution in [2.45, 2.75) is 31.4 Å². The van der Waals surface area contributed by atoms with E-state index in [9.17, 15) is 14.1 Å². The Morgan fingerprint density at radius 3 is 2.50 bits per heavy atom. The quantitative estimate of drug-likeness (QED) is 0.643.